The fourth-order valence-electron chi connectivity index (χ4n) is 2.62. The quantitative estimate of drug-likeness (QED) is 0.746. The minimum Gasteiger partial charge on any atom is -0.385 e. The van der Waals surface area contributed by atoms with Crippen molar-refractivity contribution >= 4 is 16.6 Å². The lowest BCUT2D eigenvalue weighted by Gasteiger charge is -2.13. The number of anilines is 1. The van der Waals surface area contributed by atoms with Crippen molar-refractivity contribution in [1.82, 2.24) is 4.98 Å². The highest BCUT2D eigenvalue weighted by Crippen LogP contribution is 2.31. The Balaban J connectivity index is 2.29. The Morgan fingerprint density at radius 2 is 1.86 bits per heavy atom. The number of hydrogen-bond acceptors (Lipinski definition) is 2. The van der Waals surface area contributed by atoms with E-state index in [2.05, 4.69) is 10.3 Å². The zero-order valence-electron chi connectivity index (χ0n) is 12.2. The van der Waals surface area contributed by atoms with Gasteiger partial charge in [0.05, 0.1) is 11.2 Å². The third-order valence-electron chi connectivity index (χ3n) is 3.51. The highest BCUT2D eigenvalue weighted by Gasteiger charge is 2.10. The van der Waals surface area contributed by atoms with E-state index < -0.39 is 0 Å². The summed E-state index contributed by atoms with van der Waals surface area (Å²) in [4.78, 5) is 4.63. The molecule has 2 nitrogen and oxygen atoms in total. The predicted molar refractivity (Wildman–Crippen MR) is 86.0 cm³/mol. The van der Waals surface area contributed by atoms with E-state index in [9.17, 15) is 4.39 Å². The minimum absolute atomic E-state index is 0.250. The van der Waals surface area contributed by atoms with E-state index in [0.29, 0.717) is 5.52 Å². The molecule has 0 amide bonds. The van der Waals surface area contributed by atoms with E-state index in [0.717, 1.165) is 34.4 Å². The van der Waals surface area contributed by atoms with Gasteiger partial charge >= 0.3 is 0 Å². The van der Waals surface area contributed by atoms with Crippen molar-refractivity contribution in [1.29, 1.82) is 0 Å². The third kappa shape index (κ3) is 2.59. The number of fused-ring (bicyclic) bond motifs is 1. The van der Waals surface area contributed by atoms with Crippen LogP contribution in [0.5, 0.6) is 0 Å². The standard InChI is InChI=1S/C18H17FN2/c1-3-20-16-11-15(13-7-5-4-6-8-13)21-17-10-14(19)9-12(2)18(16)17/h4-11H,3H2,1-2H3,(H,20,21). The largest absolute Gasteiger partial charge is 0.385 e. The van der Waals surface area contributed by atoms with Gasteiger partial charge in [0.2, 0.25) is 0 Å². The van der Waals surface area contributed by atoms with E-state index in [-0.39, 0.29) is 5.82 Å². The lowest BCUT2D eigenvalue weighted by molar-refractivity contribution is 0.628. The van der Waals surface area contributed by atoms with Gasteiger partial charge in [-0.2, -0.15) is 0 Å². The van der Waals surface area contributed by atoms with E-state index in [1.165, 1.54) is 6.07 Å². The first-order chi connectivity index (χ1) is 10.2. The van der Waals surface area contributed by atoms with Crippen LogP contribution in [0, 0.1) is 12.7 Å². The summed E-state index contributed by atoms with van der Waals surface area (Å²) >= 11 is 0. The number of benzene rings is 2. The molecule has 1 aromatic heterocycles. The smallest absolute Gasteiger partial charge is 0.125 e. The maximum Gasteiger partial charge on any atom is 0.125 e. The average Bonchev–Trinajstić information content (AvgIpc) is 2.47. The summed E-state index contributed by atoms with van der Waals surface area (Å²) in [5.74, 6) is -0.250. The molecular formula is C18H17FN2. The lowest BCUT2D eigenvalue weighted by Crippen LogP contribution is -2.01. The molecule has 0 fully saturated rings. The number of rotatable bonds is 3. The first kappa shape index (κ1) is 13.6. The molecule has 0 saturated heterocycles. The molecule has 0 atom stereocenters. The second-order valence-corrected chi connectivity index (χ2v) is 5.07. The number of nitrogens with one attached hydrogen (secondary N) is 1. The van der Waals surface area contributed by atoms with Crippen molar-refractivity contribution < 1.29 is 4.39 Å². The molecule has 0 radical (unpaired) electrons. The Hall–Kier alpha value is -2.42. The van der Waals surface area contributed by atoms with Crippen LogP contribution in [-0.4, -0.2) is 11.5 Å². The normalized spacial score (nSPS) is 10.8. The van der Waals surface area contributed by atoms with Gasteiger partial charge in [-0.1, -0.05) is 30.3 Å². The number of hydrogen-bond donors (Lipinski definition) is 1. The molecule has 0 aliphatic rings. The Morgan fingerprint density at radius 3 is 2.57 bits per heavy atom. The Kier molecular flexibility index (Phi) is 3.57. The van der Waals surface area contributed by atoms with Gasteiger partial charge in [-0.15, -0.1) is 0 Å². The molecule has 1 N–H and O–H groups in total. The summed E-state index contributed by atoms with van der Waals surface area (Å²) in [5.41, 5.74) is 4.46. The number of nitrogens with zero attached hydrogens (tertiary/aromatic N) is 1. The predicted octanol–water partition coefficient (Wildman–Crippen LogP) is 4.78. The SMILES string of the molecule is CCNc1cc(-c2ccccc2)nc2cc(F)cc(C)c12. The summed E-state index contributed by atoms with van der Waals surface area (Å²) in [6.07, 6.45) is 0. The van der Waals surface area contributed by atoms with Crippen molar-refractivity contribution in [3.05, 3.63) is 59.9 Å². The van der Waals surface area contributed by atoms with Gasteiger partial charge in [-0.25, -0.2) is 9.37 Å². The van der Waals surface area contributed by atoms with Crippen molar-refractivity contribution in [3.8, 4) is 11.3 Å². The van der Waals surface area contributed by atoms with Gasteiger partial charge in [0.1, 0.15) is 5.82 Å². The number of aromatic nitrogens is 1. The number of pyridine rings is 1. The zero-order valence-corrected chi connectivity index (χ0v) is 12.2. The molecule has 1 heterocycles. The van der Waals surface area contributed by atoms with Crippen molar-refractivity contribution in [2.24, 2.45) is 0 Å². The van der Waals surface area contributed by atoms with Crippen LogP contribution < -0.4 is 5.32 Å². The maximum atomic E-state index is 13.7. The summed E-state index contributed by atoms with van der Waals surface area (Å²) in [6, 6.07) is 15.0. The Morgan fingerprint density at radius 1 is 1.10 bits per heavy atom. The van der Waals surface area contributed by atoms with E-state index >= 15 is 0 Å². The highest BCUT2D eigenvalue weighted by atomic mass is 19.1. The summed E-state index contributed by atoms with van der Waals surface area (Å²) in [7, 11) is 0. The molecule has 3 aromatic rings. The molecule has 106 valence electrons. The molecule has 0 aliphatic heterocycles. The second kappa shape index (κ2) is 5.52. The second-order valence-electron chi connectivity index (χ2n) is 5.07. The summed E-state index contributed by atoms with van der Waals surface area (Å²) in [6.45, 7) is 4.77. The molecule has 0 spiro atoms. The van der Waals surface area contributed by atoms with Gasteiger partial charge in [-0.05, 0) is 31.5 Å². The number of aryl methyl sites for hydroxylation is 1. The molecule has 0 unspecified atom stereocenters. The van der Waals surface area contributed by atoms with Crippen LogP contribution in [0.15, 0.2) is 48.5 Å². The first-order valence-corrected chi connectivity index (χ1v) is 7.09. The molecule has 21 heavy (non-hydrogen) atoms. The minimum atomic E-state index is -0.250. The first-order valence-electron chi connectivity index (χ1n) is 7.09. The topological polar surface area (TPSA) is 24.9 Å². The molecule has 0 saturated carbocycles. The molecule has 2 aromatic carbocycles. The van der Waals surface area contributed by atoms with Crippen LogP contribution in [-0.2, 0) is 0 Å². The molecule has 3 rings (SSSR count). The summed E-state index contributed by atoms with van der Waals surface area (Å²) in [5, 5.41) is 4.34. The Labute approximate surface area is 123 Å². The third-order valence-corrected chi connectivity index (χ3v) is 3.51. The van der Waals surface area contributed by atoms with Gasteiger partial charge in [0.25, 0.3) is 0 Å². The van der Waals surface area contributed by atoms with Crippen LogP contribution in [0.4, 0.5) is 10.1 Å². The zero-order chi connectivity index (χ0) is 14.8. The van der Waals surface area contributed by atoms with Crippen molar-refractivity contribution in [3.63, 3.8) is 0 Å². The number of halogens is 1. The lowest BCUT2D eigenvalue weighted by atomic mass is 10.0. The van der Waals surface area contributed by atoms with Crippen LogP contribution in [0.1, 0.15) is 12.5 Å². The van der Waals surface area contributed by atoms with Crippen LogP contribution in [0.2, 0.25) is 0 Å². The van der Waals surface area contributed by atoms with Crippen LogP contribution in [0.25, 0.3) is 22.2 Å². The van der Waals surface area contributed by atoms with E-state index in [4.69, 9.17) is 0 Å². The Bertz CT molecular complexity index is 782. The van der Waals surface area contributed by atoms with E-state index in [1.807, 2.05) is 50.2 Å². The van der Waals surface area contributed by atoms with Crippen molar-refractivity contribution in [2.75, 3.05) is 11.9 Å². The highest BCUT2D eigenvalue weighted by molar-refractivity contribution is 5.96. The van der Waals surface area contributed by atoms with E-state index in [1.54, 1.807) is 6.07 Å². The fourth-order valence-corrected chi connectivity index (χ4v) is 2.62. The van der Waals surface area contributed by atoms with Crippen molar-refractivity contribution in [2.45, 2.75) is 13.8 Å². The summed E-state index contributed by atoms with van der Waals surface area (Å²) < 4.78 is 13.7. The van der Waals surface area contributed by atoms with Gasteiger partial charge in [0.15, 0.2) is 0 Å². The molecule has 0 bridgehead atoms. The monoisotopic (exact) mass is 280 g/mol. The van der Waals surface area contributed by atoms with Gasteiger partial charge in [-0.3, -0.25) is 0 Å². The molecule has 0 aliphatic carbocycles. The van der Waals surface area contributed by atoms with Gasteiger partial charge < -0.3 is 5.32 Å². The average molecular weight is 280 g/mol. The molecular weight excluding hydrogens is 263 g/mol. The fraction of sp³-hybridized carbons (Fsp3) is 0.167. The van der Waals surface area contributed by atoms with Gasteiger partial charge in [0, 0.05) is 29.2 Å². The van der Waals surface area contributed by atoms with Crippen LogP contribution in [0.3, 0.4) is 0 Å². The molecule has 3 heteroatoms. The maximum absolute atomic E-state index is 13.7. The van der Waals surface area contributed by atoms with Crippen LogP contribution >= 0.6 is 0 Å².